The average Bonchev–Trinajstić information content (AvgIpc) is 3.29. The molecule has 0 fully saturated rings. The molecule has 0 unspecified atom stereocenters. The summed E-state index contributed by atoms with van der Waals surface area (Å²) in [5.41, 5.74) is 2.58. The maximum absolute atomic E-state index is 12.2. The standard InChI is InChI=1S/C23H18N4O5/c1-15-13-19(11-12-20(15)27(29)30)31-14-21(28)24-18-9-7-17(8-10-18)23-26-25-22(32-23)16-5-3-2-4-6-16/h2-13H,14H2,1H3,(H,24,28). The minimum Gasteiger partial charge on any atom is -0.484 e. The molecule has 0 aliphatic heterocycles. The molecule has 3 aromatic carbocycles. The average molecular weight is 430 g/mol. The SMILES string of the molecule is Cc1cc(OCC(=O)Nc2ccc(-c3nnc(-c4ccccc4)o3)cc2)ccc1[N+](=O)[O-]. The third kappa shape index (κ3) is 4.78. The van der Waals surface area contributed by atoms with Crippen molar-refractivity contribution >= 4 is 17.3 Å². The first-order valence-electron chi connectivity index (χ1n) is 9.66. The monoisotopic (exact) mass is 430 g/mol. The van der Waals surface area contributed by atoms with Crippen molar-refractivity contribution in [1.82, 2.24) is 10.2 Å². The van der Waals surface area contributed by atoms with Gasteiger partial charge in [0.05, 0.1) is 4.92 Å². The Morgan fingerprint density at radius 2 is 1.66 bits per heavy atom. The van der Waals surface area contributed by atoms with Crippen molar-refractivity contribution in [3.8, 4) is 28.7 Å². The zero-order chi connectivity index (χ0) is 22.5. The van der Waals surface area contributed by atoms with Gasteiger partial charge in [0.1, 0.15) is 5.75 Å². The lowest BCUT2D eigenvalue weighted by atomic mass is 10.2. The predicted octanol–water partition coefficient (Wildman–Crippen LogP) is 4.64. The molecule has 0 aliphatic rings. The molecule has 1 N–H and O–H groups in total. The Morgan fingerprint density at radius 1 is 1.00 bits per heavy atom. The molecule has 4 aromatic rings. The topological polar surface area (TPSA) is 120 Å². The molecule has 0 saturated carbocycles. The third-order valence-electron chi connectivity index (χ3n) is 4.60. The Morgan fingerprint density at radius 3 is 2.28 bits per heavy atom. The second kappa shape index (κ2) is 9.09. The number of aromatic nitrogens is 2. The summed E-state index contributed by atoms with van der Waals surface area (Å²) in [7, 11) is 0. The maximum atomic E-state index is 12.2. The van der Waals surface area contributed by atoms with E-state index >= 15 is 0 Å². The van der Waals surface area contributed by atoms with E-state index in [1.54, 1.807) is 31.2 Å². The van der Waals surface area contributed by atoms with Crippen LogP contribution in [0.25, 0.3) is 22.9 Å². The Kier molecular flexibility index (Phi) is 5.89. The number of nitrogens with zero attached hydrogens (tertiary/aromatic N) is 3. The number of rotatable bonds is 7. The number of carbonyl (C=O) groups is 1. The van der Waals surface area contributed by atoms with Gasteiger partial charge in [-0.15, -0.1) is 10.2 Å². The number of ether oxygens (including phenoxy) is 1. The smallest absolute Gasteiger partial charge is 0.272 e. The number of hydrogen-bond donors (Lipinski definition) is 1. The lowest BCUT2D eigenvalue weighted by Gasteiger charge is -2.08. The lowest BCUT2D eigenvalue weighted by molar-refractivity contribution is -0.385. The van der Waals surface area contributed by atoms with E-state index in [2.05, 4.69) is 15.5 Å². The fourth-order valence-corrected chi connectivity index (χ4v) is 3.00. The highest BCUT2D eigenvalue weighted by atomic mass is 16.6. The van der Waals surface area contributed by atoms with Gasteiger partial charge in [-0.25, -0.2) is 0 Å². The van der Waals surface area contributed by atoms with Gasteiger partial charge in [-0.2, -0.15) is 0 Å². The molecule has 1 aromatic heterocycles. The van der Waals surface area contributed by atoms with E-state index in [1.165, 1.54) is 18.2 Å². The van der Waals surface area contributed by atoms with Gasteiger partial charge in [0, 0.05) is 28.4 Å². The van der Waals surface area contributed by atoms with Gasteiger partial charge in [-0.1, -0.05) is 18.2 Å². The number of hydrogen-bond acceptors (Lipinski definition) is 7. The number of nitro benzene ring substituents is 1. The molecule has 160 valence electrons. The number of nitrogens with one attached hydrogen (secondary N) is 1. The third-order valence-corrected chi connectivity index (χ3v) is 4.60. The van der Waals surface area contributed by atoms with Gasteiger partial charge in [-0.05, 0) is 55.5 Å². The van der Waals surface area contributed by atoms with Crippen LogP contribution in [-0.4, -0.2) is 27.6 Å². The minimum absolute atomic E-state index is 0.000901. The molecule has 0 radical (unpaired) electrons. The Balaban J connectivity index is 1.35. The maximum Gasteiger partial charge on any atom is 0.272 e. The van der Waals surface area contributed by atoms with Crippen LogP contribution in [0, 0.1) is 17.0 Å². The molecule has 4 rings (SSSR count). The summed E-state index contributed by atoms with van der Waals surface area (Å²) < 4.78 is 11.2. The van der Waals surface area contributed by atoms with Crippen molar-refractivity contribution in [1.29, 1.82) is 0 Å². The quantitative estimate of drug-likeness (QED) is 0.335. The first-order chi connectivity index (χ1) is 15.5. The zero-order valence-electron chi connectivity index (χ0n) is 17.0. The van der Waals surface area contributed by atoms with Crippen LogP contribution in [0.4, 0.5) is 11.4 Å². The number of carbonyl (C=O) groups excluding carboxylic acids is 1. The molecule has 9 nitrogen and oxygen atoms in total. The van der Waals surface area contributed by atoms with Crippen molar-refractivity contribution < 1.29 is 18.9 Å². The minimum atomic E-state index is -0.466. The summed E-state index contributed by atoms with van der Waals surface area (Å²) in [4.78, 5) is 22.6. The first-order valence-corrected chi connectivity index (χ1v) is 9.66. The molecule has 9 heteroatoms. The number of amides is 1. The van der Waals surface area contributed by atoms with E-state index in [9.17, 15) is 14.9 Å². The normalized spacial score (nSPS) is 10.5. The molecule has 1 amide bonds. The second-order valence-electron chi connectivity index (χ2n) is 6.90. The van der Waals surface area contributed by atoms with Gasteiger partial charge < -0.3 is 14.5 Å². The number of aryl methyl sites for hydroxylation is 1. The van der Waals surface area contributed by atoms with E-state index in [0.717, 1.165) is 11.1 Å². The van der Waals surface area contributed by atoms with Gasteiger partial charge in [0.2, 0.25) is 11.8 Å². The van der Waals surface area contributed by atoms with E-state index < -0.39 is 4.92 Å². The van der Waals surface area contributed by atoms with E-state index in [-0.39, 0.29) is 18.2 Å². The molecule has 0 bridgehead atoms. The Hall–Kier alpha value is -4.53. The van der Waals surface area contributed by atoms with Crippen LogP contribution in [0.15, 0.2) is 77.2 Å². The van der Waals surface area contributed by atoms with Crippen molar-refractivity contribution in [2.24, 2.45) is 0 Å². The molecular weight excluding hydrogens is 412 g/mol. The van der Waals surface area contributed by atoms with Crippen LogP contribution in [0.2, 0.25) is 0 Å². The van der Waals surface area contributed by atoms with Crippen molar-refractivity contribution in [3.05, 3.63) is 88.5 Å². The van der Waals surface area contributed by atoms with Gasteiger partial charge in [0.25, 0.3) is 11.6 Å². The summed E-state index contributed by atoms with van der Waals surface area (Å²) >= 11 is 0. The number of nitro groups is 1. The molecule has 0 atom stereocenters. The Bertz CT molecular complexity index is 1250. The van der Waals surface area contributed by atoms with Crippen LogP contribution in [0.5, 0.6) is 5.75 Å². The lowest BCUT2D eigenvalue weighted by Crippen LogP contribution is -2.20. The molecule has 0 spiro atoms. The van der Waals surface area contributed by atoms with Gasteiger partial charge in [0.15, 0.2) is 6.61 Å². The highest BCUT2D eigenvalue weighted by Crippen LogP contribution is 2.25. The van der Waals surface area contributed by atoms with Crippen LogP contribution < -0.4 is 10.1 Å². The number of benzene rings is 3. The zero-order valence-corrected chi connectivity index (χ0v) is 17.0. The van der Waals surface area contributed by atoms with E-state index in [0.29, 0.717) is 28.8 Å². The molecule has 0 saturated heterocycles. The fourth-order valence-electron chi connectivity index (χ4n) is 3.00. The van der Waals surface area contributed by atoms with Crippen LogP contribution in [-0.2, 0) is 4.79 Å². The molecule has 32 heavy (non-hydrogen) atoms. The predicted molar refractivity (Wildman–Crippen MR) is 117 cm³/mol. The Labute approximate surface area is 182 Å². The molecular formula is C23H18N4O5. The van der Waals surface area contributed by atoms with Crippen molar-refractivity contribution in [3.63, 3.8) is 0 Å². The van der Waals surface area contributed by atoms with E-state index in [4.69, 9.17) is 9.15 Å². The van der Waals surface area contributed by atoms with Gasteiger partial charge >= 0.3 is 0 Å². The van der Waals surface area contributed by atoms with Gasteiger partial charge in [-0.3, -0.25) is 14.9 Å². The highest BCUT2D eigenvalue weighted by Gasteiger charge is 2.13. The second-order valence-corrected chi connectivity index (χ2v) is 6.90. The first kappa shape index (κ1) is 20.7. The van der Waals surface area contributed by atoms with Crippen molar-refractivity contribution in [2.75, 3.05) is 11.9 Å². The molecule has 0 aliphatic carbocycles. The molecule has 1 heterocycles. The number of anilines is 1. The summed E-state index contributed by atoms with van der Waals surface area (Å²) in [6.45, 7) is 1.38. The fraction of sp³-hybridized carbons (Fsp3) is 0.0870. The van der Waals surface area contributed by atoms with E-state index in [1.807, 2.05) is 30.3 Å². The summed E-state index contributed by atoms with van der Waals surface area (Å²) in [5, 5.41) is 21.7. The summed E-state index contributed by atoms with van der Waals surface area (Å²) in [6, 6.07) is 20.8. The highest BCUT2D eigenvalue weighted by molar-refractivity contribution is 5.92. The van der Waals surface area contributed by atoms with Crippen LogP contribution in [0.3, 0.4) is 0 Å². The largest absolute Gasteiger partial charge is 0.484 e. The summed E-state index contributed by atoms with van der Waals surface area (Å²) in [5.74, 6) is 0.817. The van der Waals surface area contributed by atoms with Crippen LogP contribution in [0.1, 0.15) is 5.56 Å². The summed E-state index contributed by atoms with van der Waals surface area (Å²) in [6.07, 6.45) is 0. The van der Waals surface area contributed by atoms with Crippen LogP contribution >= 0.6 is 0 Å². The van der Waals surface area contributed by atoms with Crippen molar-refractivity contribution in [2.45, 2.75) is 6.92 Å².